The average molecular weight is 214 g/mol. The van der Waals surface area contributed by atoms with Gasteiger partial charge in [-0.1, -0.05) is 56.7 Å². The zero-order valence-electron chi connectivity index (χ0n) is 10.7. The SMILES string of the molecule is CCC1=C(c2ccccc2)CCC(C)(C)C1. The summed E-state index contributed by atoms with van der Waals surface area (Å²) in [7, 11) is 0. The molecular weight excluding hydrogens is 192 g/mol. The largest absolute Gasteiger partial charge is 0.0662 e. The molecule has 0 bridgehead atoms. The zero-order valence-corrected chi connectivity index (χ0v) is 10.7. The molecule has 86 valence electrons. The van der Waals surface area contributed by atoms with E-state index in [1.54, 1.807) is 11.1 Å². The maximum absolute atomic E-state index is 2.39. The van der Waals surface area contributed by atoms with Crippen LogP contribution in [0.4, 0.5) is 0 Å². The molecule has 1 aromatic rings. The van der Waals surface area contributed by atoms with E-state index in [1.807, 2.05) is 0 Å². The first-order valence-electron chi connectivity index (χ1n) is 6.39. The molecule has 2 rings (SSSR count). The lowest BCUT2D eigenvalue weighted by atomic mass is 9.72. The Labute approximate surface area is 99.4 Å². The fourth-order valence-electron chi connectivity index (χ4n) is 2.74. The molecule has 0 nitrogen and oxygen atoms in total. The number of hydrogen-bond acceptors (Lipinski definition) is 0. The molecule has 0 atom stereocenters. The molecule has 0 heteroatoms. The van der Waals surface area contributed by atoms with Gasteiger partial charge in [-0.3, -0.25) is 0 Å². The summed E-state index contributed by atoms with van der Waals surface area (Å²) in [5.74, 6) is 0. The van der Waals surface area contributed by atoms with Crippen molar-refractivity contribution in [3.05, 3.63) is 41.5 Å². The maximum Gasteiger partial charge on any atom is -0.0225 e. The highest BCUT2D eigenvalue weighted by molar-refractivity contribution is 5.69. The van der Waals surface area contributed by atoms with E-state index in [0.717, 1.165) is 0 Å². The molecule has 16 heavy (non-hydrogen) atoms. The van der Waals surface area contributed by atoms with E-state index in [1.165, 1.54) is 31.2 Å². The van der Waals surface area contributed by atoms with Gasteiger partial charge in [-0.15, -0.1) is 0 Å². The summed E-state index contributed by atoms with van der Waals surface area (Å²) < 4.78 is 0. The molecule has 0 fully saturated rings. The molecule has 0 aromatic heterocycles. The van der Waals surface area contributed by atoms with Gasteiger partial charge in [-0.25, -0.2) is 0 Å². The highest BCUT2D eigenvalue weighted by atomic mass is 14.3. The smallest absolute Gasteiger partial charge is 0.0225 e. The summed E-state index contributed by atoms with van der Waals surface area (Å²) in [6.45, 7) is 7.08. The van der Waals surface area contributed by atoms with Crippen molar-refractivity contribution in [2.24, 2.45) is 5.41 Å². The van der Waals surface area contributed by atoms with Crippen LogP contribution in [0.5, 0.6) is 0 Å². The summed E-state index contributed by atoms with van der Waals surface area (Å²) in [5.41, 5.74) is 5.23. The molecule has 0 saturated heterocycles. The Morgan fingerprint density at radius 1 is 1.12 bits per heavy atom. The normalized spacial score (nSPS) is 19.9. The van der Waals surface area contributed by atoms with Gasteiger partial charge < -0.3 is 0 Å². The van der Waals surface area contributed by atoms with Gasteiger partial charge in [0, 0.05) is 0 Å². The van der Waals surface area contributed by atoms with Gasteiger partial charge in [0.1, 0.15) is 0 Å². The van der Waals surface area contributed by atoms with E-state index in [9.17, 15) is 0 Å². The molecule has 0 unspecified atom stereocenters. The molecule has 0 N–H and O–H groups in total. The predicted molar refractivity (Wildman–Crippen MR) is 71.3 cm³/mol. The molecule has 1 aromatic carbocycles. The predicted octanol–water partition coefficient (Wildman–Crippen LogP) is 5.06. The minimum atomic E-state index is 0.504. The minimum Gasteiger partial charge on any atom is -0.0662 e. The number of hydrogen-bond donors (Lipinski definition) is 0. The molecule has 0 aliphatic heterocycles. The highest BCUT2D eigenvalue weighted by Gasteiger charge is 2.26. The van der Waals surface area contributed by atoms with Crippen molar-refractivity contribution in [2.45, 2.75) is 46.5 Å². The molecule has 1 aliphatic rings. The highest BCUT2D eigenvalue weighted by Crippen LogP contribution is 2.43. The minimum absolute atomic E-state index is 0.504. The number of benzene rings is 1. The van der Waals surface area contributed by atoms with Crippen molar-refractivity contribution in [3.63, 3.8) is 0 Å². The molecular formula is C16H22. The van der Waals surface area contributed by atoms with Gasteiger partial charge in [0.05, 0.1) is 0 Å². The second-order valence-electron chi connectivity index (χ2n) is 5.64. The molecule has 0 saturated carbocycles. The van der Waals surface area contributed by atoms with Crippen LogP contribution in [0.1, 0.15) is 52.0 Å². The molecule has 1 aliphatic carbocycles. The Bertz CT molecular complexity index is 382. The van der Waals surface area contributed by atoms with E-state index in [-0.39, 0.29) is 0 Å². The van der Waals surface area contributed by atoms with Crippen LogP contribution in [-0.4, -0.2) is 0 Å². The van der Waals surface area contributed by atoms with Crippen LogP contribution in [0.15, 0.2) is 35.9 Å². The quantitative estimate of drug-likeness (QED) is 0.645. The Balaban J connectivity index is 2.36. The molecule has 0 amide bonds. The summed E-state index contributed by atoms with van der Waals surface area (Å²) in [6, 6.07) is 10.9. The summed E-state index contributed by atoms with van der Waals surface area (Å²) in [5, 5.41) is 0. The third-order valence-corrected chi connectivity index (χ3v) is 3.72. The lowest BCUT2D eigenvalue weighted by molar-refractivity contribution is 0.321. The van der Waals surface area contributed by atoms with Crippen LogP contribution in [0.2, 0.25) is 0 Å². The van der Waals surface area contributed by atoms with Crippen molar-refractivity contribution < 1.29 is 0 Å². The Kier molecular flexibility index (Phi) is 3.18. The Morgan fingerprint density at radius 2 is 1.81 bits per heavy atom. The monoisotopic (exact) mass is 214 g/mol. The standard InChI is InChI=1S/C16H22/c1-4-13-12-16(2,3)11-10-15(13)14-8-6-5-7-9-14/h5-9H,4,10-12H2,1-3H3. The maximum atomic E-state index is 2.39. The number of rotatable bonds is 2. The molecule has 0 radical (unpaired) electrons. The molecule has 0 heterocycles. The van der Waals surface area contributed by atoms with Crippen LogP contribution in [0, 0.1) is 5.41 Å². The van der Waals surface area contributed by atoms with Crippen molar-refractivity contribution >= 4 is 5.57 Å². The van der Waals surface area contributed by atoms with Crippen molar-refractivity contribution in [2.75, 3.05) is 0 Å². The number of allylic oxidation sites excluding steroid dienone is 2. The van der Waals surface area contributed by atoms with E-state index in [0.29, 0.717) is 5.41 Å². The van der Waals surface area contributed by atoms with Crippen LogP contribution in [0.25, 0.3) is 5.57 Å². The van der Waals surface area contributed by atoms with E-state index in [2.05, 4.69) is 51.1 Å². The fourth-order valence-corrected chi connectivity index (χ4v) is 2.74. The van der Waals surface area contributed by atoms with Crippen LogP contribution in [-0.2, 0) is 0 Å². The van der Waals surface area contributed by atoms with Gasteiger partial charge in [0.2, 0.25) is 0 Å². The van der Waals surface area contributed by atoms with Crippen molar-refractivity contribution in [1.82, 2.24) is 0 Å². The average Bonchev–Trinajstić information content (AvgIpc) is 2.29. The Morgan fingerprint density at radius 3 is 2.44 bits per heavy atom. The Hall–Kier alpha value is -1.04. The molecule has 0 spiro atoms. The van der Waals surface area contributed by atoms with E-state index < -0.39 is 0 Å². The van der Waals surface area contributed by atoms with Crippen LogP contribution >= 0.6 is 0 Å². The topological polar surface area (TPSA) is 0 Å². The van der Waals surface area contributed by atoms with Gasteiger partial charge >= 0.3 is 0 Å². The fraction of sp³-hybridized carbons (Fsp3) is 0.500. The van der Waals surface area contributed by atoms with Gasteiger partial charge in [-0.2, -0.15) is 0 Å². The van der Waals surface area contributed by atoms with Crippen LogP contribution in [0.3, 0.4) is 0 Å². The van der Waals surface area contributed by atoms with E-state index >= 15 is 0 Å². The lowest BCUT2D eigenvalue weighted by Crippen LogP contribution is -2.17. The van der Waals surface area contributed by atoms with Crippen molar-refractivity contribution in [1.29, 1.82) is 0 Å². The summed E-state index contributed by atoms with van der Waals surface area (Å²) in [4.78, 5) is 0. The van der Waals surface area contributed by atoms with Gasteiger partial charge in [0.25, 0.3) is 0 Å². The second-order valence-corrected chi connectivity index (χ2v) is 5.64. The van der Waals surface area contributed by atoms with Crippen LogP contribution < -0.4 is 0 Å². The second kappa shape index (κ2) is 4.45. The lowest BCUT2D eigenvalue weighted by Gasteiger charge is -2.33. The first kappa shape index (κ1) is 11.4. The van der Waals surface area contributed by atoms with Gasteiger partial charge in [0.15, 0.2) is 0 Å². The van der Waals surface area contributed by atoms with Gasteiger partial charge in [-0.05, 0) is 42.2 Å². The third-order valence-electron chi connectivity index (χ3n) is 3.72. The first-order chi connectivity index (χ1) is 7.62. The summed E-state index contributed by atoms with van der Waals surface area (Å²) in [6.07, 6.45) is 5.04. The van der Waals surface area contributed by atoms with E-state index in [4.69, 9.17) is 0 Å². The zero-order chi connectivity index (χ0) is 11.6. The third kappa shape index (κ3) is 2.37. The first-order valence-corrected chi connectivity index (χ1v) is 6.39. The summed E-state index contributed by atoms with van der Waals surface area (Å²) >= 11 is 0. The van der Waals surface area contributed by atoms with Crippen molar-refractivity contribution in [3.8, 4) is 0 Å².